The molecule has 1 aliphatic rings. The Morgan fingerprint density at radius 3 is 3.00 bits per heavy atom. The normalized spacial score (nSPS) is 13.5. The average Bonchev–Trinajstić information content (AvgIpc) is 2.92. The molecule has 2 aromatic rings. The lowest BCUT2D eigenvalue weighted by Gasteiger charge is -2.20. The Labute approximate surface area is 119 Å². The number of hydrogen-bond donors (Lipinski definition) is 2. The Hall–Kier alpha value is -1.53. The van der Waals surface area contributed by atoms with Crippen molar-refractivity contribution in [1.29, 1.82) is 0 Å². The summed E-state index contributed by atoms with van der Waals surface area (Å²) in [4.78, 5) is 7.22. The van der Waals surface area contributed by atoms with E-state index in [-0.39, 0.29) is 0 Å². The molecule has 6 heteroatoms. The Balaban J connectivity index is 1.66. The summed E-state index contributed by atoms with van der Waals surface area (Å²) < 4.78 is 12.1. The number of aromatic amines is 1. The lowest BCUT2D eigenvalue weighted by atomic mass is 10.2. The largest absolute Gasteiger partial charge is 0.486 e. The van der Waals surface area contributed by atoms with E-state index in [4.69, 9.17) is 9.47 Å². The van der Waals surface area contributed by atoms with Crippen molar-refractivity contribution >= 4 is 15.9 Å². The number of rotatable bonds is 4. The van der Waals surface area contributed by atoms with Gasteiger partial charge in [0.05, 0.1) is 11.0 Å². The van der Waals surface area contributed by atoms with E-state index >= 15 is 0 Å². The maximum Gasteiger partial charge on any atom is 0.175 e. The second-order valence-electron chi connectivity index (χ2n) is 4.24. The van der Waals surface area contributed by atoms with Crippen LogP contribution in [0.4, 0.5) is 0 Å². The highest BCUT2D eigenvalue weighted by Gasteiger charge is 2.16. The van der Waals surface area contributed by atoms with Crippen LogP contribution >= 0.6 is 15.9 Å². The van der Waals surface area contributed by atoms with Gasteiger partial charge in [-0.3, -0.25) is 0 Å². The van der Waals surface area contributed by atoms with Gasteiger partial charge in [-0.25, -0.2) is 4.98 Å². The summed E-state index contributed by atoms with van der Waals surface area (Å²) in [6.45, 7) is 2.65. The number of H-pyrrole nitrogens is 1. The second-order valence-corrected chi connectivity index (χ2v) is 5.10. The first-order valence-electron chi connectivity index (χ1n) is 6.10. The number of benzene rings is 1. The van der Waals surface area contributed by atoms with Gasteiger partial charge >= 0.3 is 0 Å². The van der Waals surface area contributed by atoms with E-state index in [0.29, 0.717) is 19.8 Å². The number of halogens is 1. The van der Waals surface area contributed by atoms with Crippen molar-refractivity contribution in [3.8, 4) is 11.5 Å². The summed E-state index contributed by atoms with van der Waals surface area (Å²) in [6.07, 6.45) is 3.56. The molecular weight excluding hydrogens is 310 g/mol. The van der Waals surface area contributed by atoms with E-state index in [2.05, 4.69) is 31.2 Å². The molecule has 0 saturated carbocycles. The molecule has 100 valence electrons. The van der Waals surface area contributed by atoms with Gasteiger partial charge in [0.15, 0.2) is 11.5 Å². The van der Waals surface area contributed by atoms with Gasteiger partial charge in [0.1, 0.15) is 19.0 Å². The van der Waals surface area contributed by atoms with Crippen molar-refractivity contribution in [2.45, 2.75) is 13.1 Å². The quantitative estimate of drug-likeness (QED) is 0.905. The highest BCUT2D eigenvalue weighted by molar-refractivity contribution is 9.10. The molecule has 0 amide bonds. The molecule has 0 bridgehead atoms. The van der Waals surface area contributed by atoms with Gasteiger partial charge in [0, 0.05) is 18.9 Å². The smallest absolute Gasteiger partial charge is 0.175 e. The molecular formula is C13H14BrN3O2. The molecule has 0 spiro atoms. The zero-order valence-electron chi connectivity index (χ0n) is 10.3. The monoisotopic (exact) mass is 323 g/mol. The molecule has 0 radical (unpaired) electrons. The molecule has 2 N–H and O–H groups in total. The number of ether oxygens (including phenoxy) is 2. The summed E-state index contributed by atoms with van der Waals surface area (Å²) in [6, 6.07) is 4.05. The number of imidazole rings is 1. The first kappa shape index (κ1) is 12.5. The van der Waals surface area contributed by atoms with Crippen LogP contribution in [0.15, 0.2) is 29.0 Å². The highest BCUT2D eigenvalue weighted by Crippen LogP contribution is 2.38. The molecule has 0 saturated heterocycles. The topological polar surface area (TPSA) is 59.2 Å². The van der Waals surface area contributed by atoms with E-state index in [1.165, 1.54) is 0 Å². The van der Waals surface area contributed by atoms with Crippen molar-refractivity contribution in [2.24, 2.45) is 0 Å². The maximum atomic E-state index is 5.60. The van der Waals surface area contributed by atoms with Crippen LogP contribution in [0.1, 0.15) is 11.4 Å². The predicted octanol–water partition coefficient (Wildman–Crippen LogP) is 2.23. The lowest BCUT2D eigenvalue weighted by molar-refractivity contribution is 0.170. The van der Waals surface area contributed by atoms with Gasteiger partial charge in [-0.2, -0.15) is 0 Å². The minimum atomic E-state index is 0.599. The first-order valence-corrected chi connectivity index (χ1v) is 6.89. The summed E-state index contributed by atoms with van der Waals surface area (Å²) >= 11 is 3.51. The zero-order valence-corrected chi connectivity index (χ0v) is 11.9. The SMILES string of the molecule is Brc1cc(CNCc2ncc[nH]2)cc2c1OCCO2. The van der Waals surface area contributed by atoms with Crippen molar-refractivity contribution < 1.29 is 9.47 Å². The molecule has 0 atom stereocenters. The fourth-order valence-corrected chi connectivity index (χ4v) is 2.59. The van der Waals surface area contributed by atoms with Gasteiger partial charge in [-0.15, -0.1) is 0 Å². The second kappa shape index (κ2) is 5.63. The van der Waals surface area contributed by atoms with Crippen LogP contribution in [0.2, 0.25) is 0 Å². The average molecular weight is 324 g/mol. The number of aromatic nitrogens is 2. The third-order valence-corrected chi connectivity index (χ3v) is 3.42. The molecule has 1 aromatic carbocycles. The highest BCUT2D eigenvalue weighted by atomic mass is 79.9. The summed E-state index contributed by atoms with van der Waals surface area (Å²) in [5.74, 6) is 2.52. The van der Waals surface area contributed by atoms with Crippen molar-refractivity contribution in [2.75, 3.05) is 13.2 Å². The molecule has 19 heavy (non-hydrogen) atoms. The van der Waals surface area contributed by atoms with Crippen LogP contribution in [0.5, 0.6) is 11.5 Å². The van der Waals surface area contributed by atoms with Crippen LogP contribution < -0.4 is 14.8 Å². The van der Waals surface area contributed by atoms with Crippen LogP contribution in [-0.4, -0.2) is 23.2 Å². The molecule has 2 heterocycles. The summed E-state index contributed by atoms with van der Waals surface area (Å²) in [5.41, 5.74) is 1.14. The standard InChI is InChI=1S/C13H14BrN3O2/c14-10-5-9(6-11-13(10)19-4-3-18-11)7-15-8-12-16-1-2-17-12/h1-2,5-6,15H,3-4,7-8H2,(H,16,17). The predicted molar refractivity (Wildman–Crippen MR) is 74.3 cm³/mol. The third-order valence-electron chi connectivity index (χ3n) is 2.83. The van der Waals surface area contributed by atoms with E-state index < -0.39 is 0 Å². The zero-order chi connectivity index (χ0) is 13.1. The van der Waals surface area contributed by atoms with Crippen molar-refractivity contribution in [3.63, 3.8) is 0 Å². The van der Waals surface area contributed by atoms with Crippen LogP contribution in [-0.2, 0) is 13.1 Å². The summed E-state index contributed by atoms with van der Waals surface area (Å²) in [7, 11) is 0. The lowest BCUT2D eigenvalue weighted by Crippen LogP contribution is -2.17. The number of nitrogens with one attached hydrogen (secondary N) is 2. The maximum absolute atomic E-state index is 5.60. The number of nitrogens with zero attached hydrogens (tertiary/aromatic N) is 1. The molecule has 0 aliphatic carbocycles. The van der Waals surface area contributed by atoms with Gasteiger partial charge in [-0.1, -0.05) is 0 Å². The Kier molecular flexibility index (Phi) is 3.70. The van der Waals surface area contributed by atoms with Gasteiger partial charge < -0.3 is 19.8 Å². The Morgan fingerprint density at radius 1 is 1.26 bits per heavy atom. The minimum Gasteiger partial charge on any atom is -0.486 e. The van der Waals surface area contributed by atoms with Gasteiger partial charge in [0.25, 0.3) is 0 Å². The fraction of sp³-hybridized carbons (Fsp3) is 0.308. The van der Waals surface area contributed by atoms with Crippen LogP contribution in [0, 0.1) is 0 Å². The molecule has 3 rings (SSSR count). The van der Waals surface area contributed by atoms with Gasteiger partial charge in [-0.05, 0) is 33.6 Å². The van der Waals surface area contributed by atoms with E-state index in [1.807, 2.05) is 18.3 Å². The van der Waals surface area contributed by atoms with Gasteiger partial charge in [0.2, 0.25) is 0 Å². The van der Waals surface area contributed by atoms with Crippen molar-refractivity contribution in [1.82, 2.24) is 15.3 Å². The first-order chi connectivity index (χ1) is 9.33. The molecule has 1 aliphatic heterocycles. The van der Waals surface area contributed by atoms with Crippen LogP contribution in [0.25, 0.3) is 0 Å². The number of fused-ring (bicyclic) bond motifs is 1. The van der Waals surface area contributed by atoms with E-state index in [9.17, 15) is 0 Å². The summed E-state index contributed by atoms with van der Waals surface area (Å²) in [5, 5.41) is 3.33. The molecule has 5 nitrogen and oxygen atoms in total. The van der Waals surface area contributed by atoms with Crippen molar-refractivity contribution in [3.05, 3.63) is 40.4 Å². The van der Waals surface area contributed by atoms with E-state index in [1.54, 1.807) is 6.20 Å². The fourth-order valence-electron chi connectivity index (χ4n) is 1.99. The third kappa shape index (κ3) is 2.90. The van der Waals surface area contributed by atoms with Crippen LogP contribution in [0.3, 0.4) is 0 Å². The van der Waals surface area contributed by atoms with E-state index in [0.717, 1.165) is 33.9 Å². The Bertz CT molecular complexity index is 557. The number of hydrogen-bond acceptors (Lipinski definition) is 4. The molecule has 0 unspecified atom stereocenters. The Morgan fingerprint density at radius 2 is 2.16 bits per heavy atom. The molecule has 0 fully saturated rings. The minimum absolute atomic E-state index is 0.599. The molecule has 1 aromatic heterocycles.